The summed E-state index contributed by atoms with van der Waals surface area (Å²) in [5.74, 6) is 0. The van der Waals surface area contributed by atoms with Crippen LogP contribution >= 0.6 is 11.3 Å². The first-order chi connectivity index (χ1) is 6.29. The number of rotatable bonds is 3. The van der Waals surface area contributed by atoms with Gasteiger partial charge in [-0.15, -0.1) is 11.3 Å². The van der Waals surface area contributed by atoms with Crippen molar-refractivity contribution in [1.29, 1.82) is 0 Å². The van der Waals surface area contributed by atoms with Crippen molar-refractivity contribution in [2.24, 2.45) is 5.73 Å². The largest absolute Gasteiger partial charge is 0.391 e. The van der Waals surface area contributed by atoms with Gasteiger partial charge in [-0.2, -0.15) is 0 Å². The first-order valence-corrected chi connectivity index (χ1v) is 5.17. The summed E-state index contributed by atoms with van der Waals surface area (Å²) in [6, 6.07) is 4.02. The monoisotopic (exact) mass is 199 g/mol. The highest BCUT2D eigenvalue weighted by Crippen LogP contribution is 2.38. The third-order valence-corrected chi connectivity index (χ3v) is 3.68. The second-order valence-electron chi connectivity index (χ2n) is 3.38. The molecule has 1 aliphatic rings. The number of aliphatic hydroxyl groups is 1. The summed E-state index contributed by atoms with van der Waals surface area (Å²) in [5.41, 5.74) is 5.25. The summed E-state index contributed by atoms with van der Waals surface area (Å²) in [7, 11) is 0. The molecule has 1 aromatic rings. The van der Waals surface area contributed by atoms with Crippen LogP contribution in [-0.2, 0) is 10.2 Å². The fraction of sp³-hybridized carbons (Fsp3) is 0.556. The first kappa shape index (κ1) is 9.15. The van der Waals surface area contributed by atoms with E-state index in [4.69, 9.17) is 10.5 Å². The zero-order chi connectivity index (χ0) is 9.31. The molecule has 1 aromatic heterocycles. The molecule has 0 bridgehead atoms. The van der Waals surface area contributed by atoms with Crippen molar-refractivity contribution in [2.45, 2.75) is 11.5 Å². The Kier molecular flexibility index (Phi) is 2.38. The van der Waals surface area contributed by atoms with Crippen molar-refractivity contribution in [3.05, 3.63) is 22.4 Å². The highest BCUT2D eigenvalue weighted by Gasteiger charge is 2.46. The number of nitrogens with two attached hydrogens (primary N) is 1. The fourth-order valence-corrected chi connectivity index (χ4v) is 2.56. The average molecular weight is 199 g/mol. The minimum atomic E-state index is -0.486. The molecule has 0 aliphatic carbocycles. The Morgan fingerprint density at radius 1 is 1.69 bits per heavy atom. The maximum Gasteiger partial charge on any atom is 0.0811 e. The van der Waals surface area contributed by atoms with E-state index in [9.17, 15) is 5.11 Å². The van der Waals surface area contributed by atoms with E-state index in [1.807, 2.05) is 17.5 Å². The molecule has 0 aromatic carbocycles. The van der Waals surface area contributed by atoms with Gasteiger partial charge in [-0.1, -0.05) is 6.07 Å². The topological polar surface area (TPSA) is 55.5 Å². The summed E-state index contributed by atoms with van der Waals surface area (Å²) in [6.07, 6.45) is -0.486. The van der Waals surface area contributed by atoms with Crippen LogP contribution in [0.15, 0.2) is 17.5 Å². The van der Waals surface area contributed by atoms with E-state index in [-0.39, 0.29) is 5.41 Å². The molecule has 3 N–H and O–H groups in total. The van der Waals surface area contributed by atoms with Crippen molar-refractivity contribution in [3.8, 4) is 0 Å². The Labute approximate surface area is 81.1 Å². The molecule has 1 fully saturated rings. The summed E-state index contributed by atoms with van der Waals surface area (Å²) >= 11 is 1.65. The summed E-state index contributed by atoms with van der Waals surface area (Å²) in [5, 5.41) is 11.8. The predicted octanol–water partition coefficient (Wildman–Crippen LogP) is 0.336. The minimum Gasteiger partial charge on any atom is -0.391 e. The fourth-order valence-electron chi connectivity index (χ4n) is 1.61. The molecular formula is C9H13NO2S. The molecule has 1 saturated heterocycles. The van der Waals surface area contributed by atoms with E-state index < -0.39 is 6.10 Å². The molecule has 4 heteroatoms. The van der Waals surface area contributed by atoms with Crippen molar-refractivity contribution < 1.29 is 9.84 Å². The van der Waals surface area contributed by atoms with Crippen LogP contribution in [0.4, 0.5) is 0 Å². The lowest BCUT2D eigenvalue weighted by Crippen LogP contribution is -2.57. The summed E-state index contributed by atoms with van der Waals surface area (Å²) in [6.45, 7) is 1.47. The molecule has 1 unspecified atom stereocenters. The van der Waals surface area contributed by atoms with E-state index in [2.05, 4.69) is 0 Å². The Hall–Kier alpha value is -0.420. The van der Waals surface area contributed by atoms with Gasteiger partial charge in [0.05, 0.1) is 24.7 Å². The third-order valence-electron chi connectivity index (χ3n) is 2.59. The first-order valence-electron chi connectivity index (χ1n) is 4.29. The third kappa shape index (κ3) is 1.30. The quantitative estimate of drug-likeness (QED) is 0.738. The Balaban J connectivity index is 2.25. The molecule has 1 atom stereocenters. The predicted molar refractivity (Wildman–Crippen MR) is 51.9 cm³/mol. The smallest absolute Gasteiger partial charge is 0.0811 e. The normalized spacial score (nSPS) is 22.3. The van der Waals surface area contributed by atoms with Gasteiger partial charge in [-0.05, 0) is 11.4 Å². The van der Waals surface area contributed by atoms with E-state index in [0.717, 1.165) is 0 Å². The minimum absolute atomic E-state index is 0.219. The second-order valence-corrected chi connectivity index (χ2v) is 4.33. The van der Waals surface area contributed by atoms with Gasteiger partial charge in [0, 0.05) is 11.4 Å². The Bertz CT molecular complexity index is 269. The number of hydrogen-bond donors (Lipinski definition) is 2. The molecule has 0 spiro atoms. The van der Waals surface area contributed by atoms with Crippen LogP contribution < -0.4 is 5.73 Å². The van der Waals surface area contributed by atoms with Gasteiger partial charge in [-0.25, -0.2) is 0 Å². The van der Waals surface area contributed by atoms with Crippen LogP contribution in [-0.4, -0.2) is 31.0 Å². The molecule has 0 amide bonds. The lowest BCUT2D eigenvalue weighted by molar-refractivity contribution is -0.114. The number of thiophene rings is 1. The SMILES string of the molecule is NCC(O)C1(c2cccs2)COC1. The van der Waals surface area contributed by atoms with Crippen LogP contribution in [0.25, 0.3) is 0 Å². The van der Waals surface area contributed by atoms with Crippen LogP contribution in [0.2, 0.25) is 0 Å². The molecule has 3 nitrogen and oxygen atoms in total. The van der Waals surface area contributed by atoms with Crippen molar-refractivity contribution in [3.63, 3.8) is 0 Å². The summed E-state index contributed by atoms with van der Waals surface area (Å²) < 4.78 is 5.18. The van der Waals surface area contributed by atoms with E-state index in [0.29, 0.717) is 19.8 Å². The average Bonchev–Trinajstić information content (AvgIpc) is 2.55. The highest BCUT2D eigenvalue weighted by molar-refractivity contribution is 7.10. The van der Waals surface area contributed by atoms with Crippen molar-refractivity contribution in [1.82, 2.24) is 0 Å². The molecular weight excluding hydrogens is 186 g/mol. The molecule has 2 heterocycles. The standard InChI is InChI=1S/C9H13NO2S/c10-4-7(11)9(5-12-6-9)8-2-1-3-13-8/h1-3,7,11H,4-6,10H2. The van der Waals surface area contributed by atoms with Crippen LogP contribution in [0.5, 0.6) is 0 Å². The Morgan fingerprint density at radius 2 is 2.46 bits per heavy atom. The van der Waals surface area contributed by atoms with Gasteiger partial charge >= 0.3 is 0 Å². The van der Waals surface area contributed by atoms with E-state index in [1.54, 1.807) is 11.3 Å². The van der Waals surface area contributed by atoms with Crippen LogP contribution in [0.1, 0.15) is 4.88 Å². The molecule has 72 valence electrons. The molecule has 1 aliphatic heterocycles. The summed E-state index contributed by atoms with van der Waals surface area (Å²) in [4.78, 5) is 1.18. The number of ether oxygens (including phenoxy) is 1. The van der Waals surface area contributed by atoms with Gasteiger partial charge in [0.2, 0.25) is 0 Å². The van der Waals surface area contributed by atoms with Gasteiger partial charge in [0.25, 0.3) is 0 Å². The molecule has 13 heavy (non-hydrogen) atoms. The molecule has 0 radical (unpaired) electrons. The van der Waals surface area contributed by atoms with Gasteiger partial charge < -0.3 is 15.6 Å². The number of aliphatic hydroxyl groups excluding tert-OH is 1. The van der Waals surface area contributed by atoms with Crippen LogP contribution in [0.3, 0.4) is 0 Å². The van der Waals surface area contributed by atoms with E-state index in [1.165, 1.54) is 4.88 Å². The Morgan fingerprint density at radius 3 is 2.85 bits per heavy atom. The van der Waals surface area contributed by atoms with Crippen molar-refractivity contribution in [2.75, 3.05) is 19.8 Å². The lowest BCUT2D eigenvalue weighted by Gasteiger charge is -2.43. The molecule has 0 saturated carbocycles. The van der Waals surface area contributed by atoms with Crippen LogP contribution in [0, 0.1) is 0 Å². The van der Waals surface area contributed by atoms with Gasteiger partial charge in [-0.3, -0.25) is 0 Å². The zero-order valence-electron chi connectivity index (χ0n) is 7.27. The maximum absolute atomic E-state index is 9.80. The van der Waals surface area contributed by atoms with Crippen molar-refractivity contribution >= 4 is 11.3 Å². The number of hydrogen-bond acceptors (Lipinski definition) is 4. The highest BCUT2D eigenvalue weighted by atomic mass is 32.1. The molecule has 2 rings (SSSR count). The van der Waals surface area contributed by atoms with Gasteiger partial charge in [0.15, 0.2) is 0 Å². The lowest BCUT2D eigenvalue weighted by atomic mass is 9.78. The van der Waals surface area contributed by atoms with E-state index >= 15 is 0 Å². The van der Waals surface area contributed by atoms with Gasteiger partial charge in [0.1, 0.15) is 0 Å². The second kappa shape index (κ2) is 3.38. The maximum atomic E-state index is 9.80. The zero-order valence-corrected chi connectivity index (χ0v) is 8.09.